The van der Waals surface area contributed by atoms with E-state index >= 15 is 0 Å². The van der Waals surface area contributed by atoms with E-state index in [1.807, 2.05) is 32.9 Å². The molecular formula is C22H33N3O4. The highest BCUT2D eigenvalue weighted by Crippen LogP contribution is 2.23. The van der Waals surface area contributed by atoms with Gasteiger partial charge in [0.05, 0.1) is 0 Å². The van der Waals surface area contributed by atoms with E-state index in [2.05, 4.69) is 5.32 Å². The molecule has 2 rings (SSSR count). The Balaban J connectivity index is 2.13. The lowest BCUT2D eigenvalue weighted by Crippen LogP contribution is -2.55. The number of likely N-dealkylation sites (N-methyl/N-ethyl adjacent to an activating group) is 1. The van der Waals surface area contributed by atoms with Crippen LogP contribution >= 0.6 is 0 Å². The molecule has 1 N–H and O–H groups in total. The van der Waals surface area contributed by atoms with Crippen LogP contribution in [0.2, 0.25) is 0 Å². The van der Waals surface area contributed by atoms with Gasteiger partial charge in [-0.1, -0.05) is 17.7 Å². The minimum Gasteiger partial charge on any atom is -0.375 e. The van der Waals surface area contributed by atoms with Crippen LogP contribution in [0.4, 0.5) is 0 Å². The predicted octanol–water partition coefficient (Wildman–Crippen LogP) is 1.85. The molecule has 0 radical (unpaired) electrons. The van der Waals surface area contributed by atoms with Crippen molar-refractivity contribution < 1.29 is 19.1 Å². The number of nitrogens with one attached hydrogen (secondary N) is 1. The molecule has 1 unspecified atom stereocenters. The highest BCUT2D eigenvalue weighted by molar-refractivity contribution is 5.97. The summed E-state index contributed by atoms with van der Waals surface area (Å²) in [6.07, 6.45) is 1.34. The molecule has 0 bridgehead atoms. The van der Waals surface area contributed by atoms with E-state index < -0.39 is 6.04 Å². The minimum absolute atomic E-state index is 0.0101. The Morgan fingerprint density at radius 2 is 1.72 bits per heavy atom. The number of benzene rings is 1. The summed E-state index contributed by atoms with van der Waals surface area (Å²) in [4.78, 5) is 41.5. The second kappa shape index (κ2) is 11.0. The molecule has 160 valence electrons. The number of ether oxygens (including phenoxy) is 1. The van der Waals surface area contributed by atoms with Gasteiger partial charge in [0.25, 0.3) is 5.91 Å². The lowest BCUT2D eigenvalue weighted by Gasteiger charge is -2.37. The fourth-order valence-electron chi connectivity index (χ4n) is 3.74. The SMILES string of the molecule is CCN(CC)C(=O)C(NC(=O)c1ccc(C)cc1)C1CCN(C(=O)COC)CC1. The van der Waals surface area contributed by atoms with Crippen molar-refractivity contribution in [3.63, 3.8) is 0 Å². The van der Waals surface area contributed by atoms with Gasteiger partial charge < -0.3 is 19.9 Å². The van der Waals surface area contributed by atoms with Crippen molar-refractivity contribution in [3.8, 4) is 0 Å². The summed E-state index contributed by atoms with van der Waals surface area (Å²) in [6, 6.07) is 6.72. The number of aryl methyl sites for hydroxylation is 1. The molecule has 0 aromatic heterocycles. The highest BCUT2D eigenvalue weighted by atomic mass is 16.5. The average molecular weight is 404 g/mol. The summed E-state index contributed by atoms with van der Waals surface area (Å²) in [6.45, 7) is 8.22. The van der Waals surface area contributed by atoms with E-state index in [1.54, 1.807) is 21.9 Å². The maximum Gasteiger partial charge on any atom is 0.251 e. The van der Waals surface area contributed by atoms with Gasteiger partial charge in [0.15, 0.2) is 0 Å². The first kappa shape index (κ1) is 22.9. The Morgan fingerprint density at radius 1 is 1.14 bits per heavy atom. The fraction of sp³-hybridized carbons (Fsp3) is 0.591. The van der Waals surface area contributed by atoms with Crippen molar-refractivity contribution in [1.82, 2.24) is 15.1 Å². The van der Waals surface area contributed by atoms with Gasteiger partial charge in [-0.25, -0.2) is 0 Å². The van der Waals surface area contributed by atoms with Crippen molar-refractivity contribution in [2.45, 2.75) is 39.7 Å². The number of piperidine rings is 1. The first-order valence-electron chi connectivity index (χ1n) is 10.3. The van der Waals surface area contributed by atoms with Crippen molar-refractivity contribution in [2.24, 2.45) is 5.92 Å². The van der Waals surface area contributed by atoms with E-state index in [0.29, 0.717) is 44.6 Å². The summed E-state index contributed by atoms with van der Waals surface area (Å²) in [5, 5.41) is 2.98. The number of methoxy groups -OCH3 is 1. The van der Waals surface area contributed by atoms with Crippen LogP contribution in [0.3, 0.4) is 0 Å². The zero-order valence-corrected chi connectivity index (χ0v) is 17.9. The normalized spacial score (nSPS) is 15.7. The monoisotopic (exact) mass is 403 g/mol. The third kappa shape index (κ3) is 6.03. The number of rotatable bonds is 8. The second-order valence-corrected chi connectivity index (χ2v) is 7.48. The number of nitrogens with zero attached hydrogens (tertiary/aromatic N) is 2. The van der Waals surface area contributed by atoms with Gasteiger partial charge in [-0.05, 0) is 51.7 Å². The zero-order valence-electron chi connectivity index (χ0n) is 17.9. The van der Waals surface area contributed by atoms with Gasteiger partial charge in [0.1, 0.15) is 12.6 Å². The minimum atomic E-state index is -0.594. The topological polar surface area (TPSA) is 79.0 Å². The number of carbonyl (C=O) groups excluding carboxylic acids is 3. The summed E-state index contributed by atoms with van der Waals surface area (Å²) < 4.78 is 4.93. The summed E-state index contributed by atoms with van der Waals surface area (Å²) in [5.74, 6) is -0.351. The third-order valence-corrected chi connectivity index (χ3v) is 5.57. The van der Waals surface area contributed by atoms with Crippen molar-refractivity contribution >= 4 is 17.7 Å². The Labute approximate surface area is 173 Å². The maximum atomic E-state index is 13.2. The van der Waals surface area contributed by atoms with Gasteiger partial charge in [-0.2, -0.15) is 0 Å². The van der Waals surface area contributed by atoms with Gasteiger partial charge >= 0.3 is 0 Å². The molecule has 7 heteroatoms. The predicted molar refractivity (Wildman–Crippen MR) is 112 cm³/mol. The number of likely N-dealkylation sites (tertiary alicyclic amines) is 1. The lowest BCUT2D eigenvalue weighted by atomic mass is 9.88. The maximum absolute atomic E-state index is 13.2. The van der Waals surface area contributed by atoms with Gasteiger partial charge in [0.2, 0.25) is 11.8 Å². The molecule has 1 aromatic rings. The molecule has 1 aliphatic rings. The Hall–Kier alpha value is -2.41. The van der Waals surface area contributed by atoms with E-state index in [0.717, 1.165) is 5.56 Å². The van der Waals surface area contributed by atoms with E-state index in [9.17, 15) is 14.4 Å². The van der Waals surface area contributed by atoms with Crippen LogP contribution in [0.15, 0.2) is 24.3 Å². The molecule has 1 aliphatic heterocycles. The van der Waals surface area contributed by atoms with Crippen LogP contribution in [-0.2, 0) is 14.3 Å². The van der Waals surface area contributed by atoms with Crippen molar-refractivity contribution in [3.05, 3.63) is 35.4 Å². The molecule has 3 amide bonds. The first-order valence-corrected chi connectivity index (χ1v) is 10.3. The number of carbonyl (C=O) groups is 3. The van der Waals surface area contributed by atoms with Crippen LogP contribution in [0, 0.1) is 12.8 Å². The molecule has 1 saturated heterocycles. The molecule has 29 heavy (non-hydrogen) atoms. The average Bonchev–Trinajstić information content (AvgIpc) is 2.73. The molecule has 1 fully saturated rings. The zero-order chi connectivity index (χ0) is 21.4. The van der Waals surface area contributed by atoms with Crippen LogP contribution in [0.1, 0.15) is 42.6 Å². The van der Waals surface area contributed by atoms with E-state index in [-0.39, 0.29) is 30.2 Å². The van der Waals surface area contributed by atoms with Gasteiger partial charge in [0, 0.05) is 38.9 Å². The van der Waals surface area contributed by atoms with E-state index in [4.69, 9.17) is 4.74 Å². The molecule has 1 aromatic carbocycles. The molecule has 1 heterocycles. The van der Waals surface area contributed by atoms with Crippen molar-refractivity contribution in [1.29, 1.82) is 0 Å². The Kier molecular flexibility index (Phi) is 8.64. The van der Waals surface area contributed by atoms with Gasteiger partial charge in [-0.15, -0.1) is 0 Å². The lowest BCUT2D eigenvalue weighted by molar-refractivity contribution is -0.138. The molecule has 0 saturated carbocycles. The second-order valence-electron chi connectivity index (χ2n) is 7.48. The summed E-state index contributed by atoms with van der Waals surface area (Å²) >= 11 is 0. The summed E-state index contributed by atoms with van der Waals surface area (Å²) in [5.41, 5.74) is 1.62. The smallest absolute Gasteiger partial charge is 0.251 e. The molecule has 7 nitrogen and oxygen atoms in total. The van der Waals surface area contributed by atoms with Gasteiger partial charge in [-0.3, -0.25) is 14.4 Å². The fourth-order valence-corrected chi connectivity index (χ4v) is 3.74. The third-order valence-electron chi connectivity index (χ3n) is 5.57. The highest BCUT2D eigenvalue weighted by Gasteiger charge is 2.35. The van der Waals surface area contributed by atoms with Crippen LogP contribution in [0.5, 0.6) is 0 Å². The van der Waals surface area contributed by atoms with Crippen LogP contribution in [-0.4, -0.2) is 73.5 Å². The number of amides is 3. The Bertz CT molecular complexity index is 693. The Morgan fingerprint density at radius 3 is 2.24 bits per heavy atom. The van der Waals surface area contributed by atoms with E-state index in [1.165, 1.54) is 7.11 Å². The number of hydrogen-bond acceptors (Lipinski definition) is 4. The van der Waals surface area contributed by atoms with Crippen LogP contribution < -0.4 is 5.32 Å². The van der Waals surface area contributed by atoms with Crippen LogP contribution in [0.25, 0.3) is 0 Å². The standard InChI is InChI=1S/C22H33N3O4/c1-5-24(6-2)22(28)20(23-21(27)18-9-7-16(3)8-10-18)17-11-13-25(14-12-17)19(26)15-29-4/h7-10,17,20H,5-6,11-15H2,1-4H3,(H,23,27). The molecule has 1 atom stereocenters. The first-order chi connectivity index (χ1) is 13.9. The molecule has 0 spiro atoms. The van der Waals surface area contributed by atoms with Crippen molar-refractivity contribution in [2.75, 3.05) is 39.9 Å². The molecular weight excluding hydrogens is 370 g/mol. The summed E-state index contributed by atoms with van der Waals surface area (Å²) in [7, 11) is 1.50. The largest absolute Gasteiger partial charge is 0.375 e. The molecule has 0 aliphatic carbocycles. The number of hydrogen-bond donors (Lipinski definition) is 1. The quantitative estimate of drug-likeness (QED) is 0.718.